The van der Waals surface area contributed by atoms with Crippen molar-refractivity contribution in [3.63, 3.8) is 0 Å². The van der Waals surface area contributed by atoms with Crippen molar-refractivity contribution >= 4 is 5.78 Å². The average Bonchev–Trinajstić information content (AvgIpc) is 1.98. The first-order valence-corrected chi connectivity index (χ1v) is 5.14. The van der Waals surface area contributed by atoms with Gasteiger partial charge in [0.2, 0.25) is 0 Å². The largest absolute Gasteiger partial charge is 0.295 e. The third-order valence-electron chi connectivity index (χ3n) is 2.00. The highest BCUT2D eigenvalue weighted by Gasteiger charge is 2.09. The Labute approximate surface area is 82.2 Å². The number of carbonyl (C=O) groups is 1. The molecule has 0 aliphatic carbocycles. The van der Waals surface area contributed by atoms with Gasteiger partial charge >= 0.3 is 0 Å². The Bertz CT molecular complexity index is 178. The summed E-state index contributed by atoms with van der Waals surface area (Å²) < 4.78 is 0. The number of hydrogen-bond donors (Lipinski definition) is 0. The van der Waals surface area contributed by atoms with Gasteiger partial charge in [-0.05, 0) is 30.3 Å². The molecule has 0 unspecified atom stereocenters. The summed E-state index contributed by atoms with van der Waals surface area (Å²) in [5, 5.41) is 0. The molecule has 76 valence electrons. The van der Waals surface area contributed by atoms with Crippen LogP contribution in [0.3, 0.4) is 0 Å². The van der Waals surface area contributed by atoms with Gasteiger partial charge in [-0.15, -0.1) is 0 Å². The third-order valence-corrected chi connectivity index (χ3v) is 2.00. The highest BCUT2D eigenvalue weighted by Crippen LogP contribution is 2.14. The van der Waals surface area contributed by atoms with E-state index in [1.165, 1.54) is 0 Å². The second-order valence-corrected chi connectivity index (χ2v) is 4.56. The number of hydrogen-bond acceptors (Lipinski definition) is 1. The molecule has 0 N–H and O–H groups in total. The summed E-state index contributed by atoms with van der Waals surface area (Å²) in [6, 6.07) is 0. The van der Waals surface area contributed by atoms with Crippen LogP contribution in [-0.4, -0.2) is 5.78 Å². The molecule has 0 aromatic heterocycles. The van der Waals surface area contributed by atoms with Crippen LogP contribution in [0, 0.1) is 11.8 Å². The summed E-state index contributed by atoms with van der Waals surface area (Å²) >= 11 is 0. The number of carbonyl (C=O) groups excluding carboxylic acids is 1. The lowest BCUT2D eigenvalue weighted by Crippen LogP contribution is -2.05. The topological polar surface area (TPSA) is 17.1 Å². The van der Waals surface area contributed by atoms with Crippen LogP contribution in [0.15, 0.2) is 12.2 Å². The van der Waals surface area contributed by atoms with Crippen molar-refractivity contribution in [1.29, 1.82) is 0 Å². The fourth-order valence-electron chi connectivity index (χ4n) is 1.20. The first-order chi connectivity index (χ1) is 5.93. The standard InChI is InChI=1S/C12H22O/c1-9(2)6-7-12(13)11(5)8-10(3)4/h9-10H,5-8H2,1-4H3. The maximum atomic E-state index is 11.5. The summed E-state index contributed by atoms with van der Waals surface area (Å²) in [5.74, 6) is 1.40. The molecule has 0 atom stereocenters. The molecule has 1 heteroatoms. The Balaban J connectivity index is 3.77. The van der Waals surface area contributed by atoms with Gasteiger partial charge in [0, 0.05) is 6.42 Å². The van der Waals surface area contributed by atoms with Crippen LogP contribution in [0.1, 0.15) is 47.0 Å². The number of Topliss-reactive ketones (excluding diaryl/α,β-unsaturated/α-hetero) is 1. The van der Waals surface area contributed by atoms with Crippen molar-refractivity contribution < 1.29 is 4.79 Å². The fraction of sp³-hybridized carbons (Fsp3) is 0.750. The Kier molecular flexibility index (Phi) is 5.68. The Hall–Kier alpha value is -0.590. The van der Waals surface area contributed by atoms with E-state index in [0.29, 0.717) is 18.3 Å². The molecule has 0 fully saturated rings. The second kappa shape index (κ2) is 5.95. The smallest absolute Gasteiger partial charge is 0.158 e. The van der Waals surface area contributed by atoms with Crippen molar-refractivity contribution in [3.05, 3.63) is 12.2 Å². The van der Waals surface area contributed by atoms with Gasteiger partial charge in [-0.1, -0.05) is 34.3 Å². The third kappa shape index (κ3) is 6.56. The molecular weight excluding hydrogens is 160 g/mol. The van der Waals surface area contributed by atoms with E-state index in [-0.39, 0.29) is 5.78 Å². The number of ketones is 1. The van der Waals surface area contributed by atoms with E-state index in [2.05, 4.69) is 34.3 Å². The Morgan fingerprint density at radius 3 is 2.08 bits per heavy atom. The highest BCUT2D eigenvalue weighted by atomic mass is 16.1. The van der Waals surface area contributed by atoms with Gasteiger partial charge in [-0.25, -0.2) is 0 Å². The van der Waals surface area contributed by atoms with Gasteiger partial charge in [0.15, 0.2) is 5.78 Å². The Morgan fingerprint density at radius 2 is 1.69 bits per heavy atom. The molecule has 0 aliphatic heterocycles. The minimum atomic E-state index is 0.252. The maximum absolute atomic E-state index is 11.5. The van der Waals surface area contributed by atoms with Crippen molar-refractivity contribution in [1.82, 2.24) is 0 Å². The second-order valence-electron chi connectivity index (χ2n) is 4.56. The van der Waals surface area contributed by atoms with E-state index < -0.39 is 0 Å². The summed E-state index contributed by atoms with van der Waals surface area (Å²) in [6.07, 6.45) is 2.50. The lowest BCUT2D eigenvalue weighted by Gasteiger charge is -2.08. The predicted octanol–water partition coefficient (Wildman–Crippen LogP) is 3.59. The molecule has 0 heterocycles. The molecule has 0 bridgehead atoms. The van der Waals surface area contributed by atoms with Crippen molar-refractivity contribution in [3.8, 4) is 0 Å². The first-order valence-electron chi connectivity index (χ1n) is 5.14. The molecule has 0 spiro atoms. The molecule has 1 nitrogen and oxygen atoms in total. The normalized spacial score (nSPS) is 10.9. The number of rotatable bonds is 6. The van der Waals surface area contributed by atoms with Gasteiger partial charge in [0.25, 0.3) is 0 Å². The zero-order chi connectivity index (χ0) is 10.4. The van der Waals surface area contributed by atoms with Gasteiger partial charge < -0.3 is 0 Å². The van der Waals surface area contributed by atoms with E-state index in [1.807, 2.05) is 0 Å². The maximum Gasteiger partial charge on any atom is 0.158 e. The van der Waals surface area contributed by atoms with Crippen LogP contribution in [0.4, 0.5) is 0 Å². The van der Waals surface area contributed by atoms with Crippen LogP contribution < -0.4 is 0 Å². The van der Waals surface area contributed by atoms with Crippen LogP contribution >= 0.6 is 0 Å². The lowest BCUT2D eigenvalue weighted by atomic mass is 9.96. The predicted molar refractivity (Wildman–Crippen MR) is 57.7 cm³/mol. The molecule has 13 heavy (non-hydrogen) atoms. The van der Waals surface area contributed by atoms with Gasteiger partial charge in [0.1, 0.15) is 0 Å². The van der Waals surface area contributed by atoms with Crippen LogP contribution in [0.25, 0.3) is 0 Å². The van der Waals surface area contributed by atoms with Crippen molar-refractivity contribution in [2.75, 3.05) is 0 Å². The van der Waals surface area contributed by atoms with Crippen LogP contribution in [0.5, 0.6) is 0 Å². The summed E-state index contributed by atoms with van der Waals surface area (Å²) in [4.78, 5) is 11.5. The molecular formula is C12H22O. The molecule has 0 saturated heterocycles. The van der Waals surface area contributed by atoms with E-state index >= 15 is 0 Å². The molecule has 0 rings (SSSR count). The highest BCUT2D eigenvalue weighted by molar-refractivity contribution is 5.94. The number of allylic oxidation sites excluding steroid dienone is 1. The summed E-state index contributed by atoms with van der Waals surface area (Å²) in [6.45, 7) is 12.3. The van der Waals surface area contributed by atoms with E-state index in [9.17, 15) is 4.79 Å². The minimum Gasteiger partial charge on any atom is -0.295 e. The van der Waals surface area contributed by atoms with Crippen molar-refractivity contribution in [2.45, 2.75) is 47.0 Å². The molecule has 0 radical (unpaired) electrons. The minimum absolute atomic E-state index is 0.252. The zero-order valence-corrected chi connectivity index (χ0v) is 9.39. The van der Waals surface area contributed by atoms with Gasteiger partial charge in [0.05, 0.1) is 0 Å². The van der Waals surface area contributed by atoms with E-state index in [1.54, 1.807) is 0 Å². The van der Waals surface area contributed by atoms with E-state index in [0.717, 1.165) is 18.4 Å². The molecule has 0 aromatic rings. The van der Waals surface area contributed by atoms with E-state index in [4.69, 9.17) is 0 Å². The quantitative estimate of drug-likeness (QED) is 0.574. The lowest BCUT2D eigenvalue weighted by molar-refractivity contribution is -0.116. The molecule has 0 aromatic carbocycles. The van der Waals surface area contributed by atoms with Gasteiger partial charge in [-0.3, -0.25) is 4.79 Å². The SMILES string of the molecule is C=C(CC(C)C)C(=O)CCC(C)C. The van der Waals surface area contributed by atoms with Crippen molar-refractivity contribution in [2.24, 2.45) is 11.8 Å². The van der Waals surface area contributed by atoms with Crippen LogP contribution in [0.2, 0.25) is 0 Å². The molecule has 0 saturated carbocycles. The monoisotopic (exact) mass is 182 g/mol. The first kappa shape index (κ1) is 12.4. The summed E-state index contributed by atoms with van der Waals surface area (Å²) in [5.41, 5.74) is 0.802. The fourth-order valence-corrected chi connectivity index (χ4v) is 1.20. The zero-order valence-electron chi connectivity index (χ0n) is 9.39. The molecule has 0 amide bonds. The van der Waals surface area contributed by atoms with Gasteiger partial charge in [-0.2, -0.15) is 0 Å². The van der Waals surface area contributed by atoms with Crippen LogP contribution in [-0.2, 0) is 4.79 Å². The summed E-state index contributed by atoms with van der Waals surface area (Å²) in [7, 11) is 0. The molecule has 0 aliphatic rings. The average molecular weight is 182 g/mol. The Morgan fingerprint density at radius 1 is 1.15 bits per heavy atom.